The topological polar surface area (TPSA) is 69.8 Å². The van der Waals surface area contributed by atoms with Crippen molar-refractivity contribution < 1.29 is 9.18 Å². The number of amides is 2. The van der Waals surface area contributed by atoms with Crippen LogP contribution in [0.3, 0.4) is 0 Å². The molecule has 5 nitrogen and oxygen atoms in total. The van der Waals surface area contributed by atoms with Crippen LogP contribution in [0, 0.1) is 12.7 Å². The molecule has 0 unspecified atom stereocenters. The van der Waals surface area contributed by atoms with Crippen LogP contribution in [0.25, 0.3) is 11.3 Å². The molecule has 3 N–H and O–H groups in total. The van der Waals surface area contributed by atoms with E-state index in [1.54, 1.807) is 31.2 Å². The van der Waals surface area contributed by atoms with E-state index in [9.17, 15) is 9.18 Å². The van der Waals surface area contributed by atoms with Gasteiger partial charge in [0, 0.05) is 11.3 Å². The van der Waals surface area contributed by atoms with Crippen LogP contribution >= 0.6 is 0 Å². The van der Waals surface area contributed by atoms with Gasteiger partial charge in [0.2, 0.25) is 0 Å². The molecule has 0 saturated heterocycles. The molecule has 3 aromatic rings. The lowest BCUT2D eigenvalue weighted by Gasteiger charge is -2.09. The first-order valence-corrected chi connectivity index (χ1v) is 7.07. The number of benzene rings is 2. The minimum Gasteiger partial charge on any atom is -0.308 e. The van der Waals surface area contributed by atoms with E-state index in [2.05, 4.69) is 20.8 Å². The second-order valence-corrected chi connectivity index (χ2v) is 5.03. The lowest BCUT2D eigenvalue weighted by atomic mass is 10.1. The lowest BCUT2D eigenvalue weighted by Crippen LogP contribution is -2.20. The Morgan fingerprint density at radius 2 is 1.87 bits per heavy atom. The number of nitrogens with one attached hydrogen (secondary N) is 3. The summed E-state index contributed by atoms with van der Waals surface area (Å²) in [6.45, 7) is 1.79. The largest absolute Gasteiger partial charge is 0.323 e. The molecule has 3 rings (SSSR count). The number of rotatable bonds is 3. The van der Waals surface area contributed by atoms with E-state index >= 15 is 0 Å². The SMILES string of the molecule is Cc1[nH]nc(-c2cccc(F)c2)c1NC(=O)Nc1ccccc1. The van der Waals surface area contributed by atoms with E-state index in [0.29, 0.717) is 28.3 Å². The van der Waals surface area contributed by atoms with Crippen molar-refractivity contribution in [1.29, 1.82) is 0 Å². The number of urea groups is 1. The van der Waals surface area contributed by atoms with Crippen molar-refractivity contribution in [2.45, 2.75) is 6.92 Å². The highest BCUT2D eigenvalue weighted by molar-refractivity contribution is 6.02. The van der Waals surface area contributed by atoms with Gasteiger partial charge >= 0.3 is 6.03 Å². The highest BCUT2D eigenvalue weighted by Crippen LogP contribution is 2.28. The van der Waals surface area contributed by atoms with Gasteiger partial charge in [0.1, 0.15) is 11.5 Å². The fourth-order valence-electron chi connectivity index (χ4n) is 2.22. The number of aromatic nitrogens is 2. The van der Waals surface area contributed by atoms with Crippen LogP contribution in [0.1, 0.15) is 5.69 Å². The molecule has 2 amide bonds. The molecule has 0 bridgehead atoms. The summed E-state index contributed by atoms with van der Waals surface area (Å²) in [4.78, 5) is 12.1. The van der Waals surface area contributed by atoms with Gasteiger partial charge in [0.05, 0.1) is 11.4 Å². The molecule has 0 aliphatic rings. The normalized spacial score (nSPS) is 10.3. The Hall–Kier alpha value is -3.15. The summed E-state index contributed by atoms with van der Waals surface area (Å²) < 4.78 is 13.4. The van der Waals surface area contributed by atoms with E-state index in [-0.39, 0.29) is 5.82 Å². The smallest absolute Gasteiger partial charge is 0.308 e. The molecule has 0 aliphatic heterocycles. The van der Waals surface area contributed by atoms with Crippen molar-refractivity contribution in [3.63, 3.8) is 0 Å². The highest BCUT2D eigenvalue weighted by Gasteiger charge is 2.15. The van der Waals surface area contributed by atoms with E-state index < -0.39 is 6.03 Å². The molecule has 2 aromatic carbocycles. The Bertz CT molecular complexity index is 830. The summed E-state index contributed by atoms with van der Waals surface area (Å²) in [5.41, 5.74) is 2.96. The standard InChI is InChI=1S/C17H15FN4O/c1-11-15(20-17(23)19-14-8-3-2-4-9-14)16(22-21-11)12-6-5-7-13(18)10-12/h2-10H,1H3,(H,21,22)(H2,19,20,23). The molecule has 0 saturated carbocycles. The molecule has 6 heteroatoms. The first-order chi connectivity index (χ1) is 11.1. The summed E-state index contributed by atoms with van der Waals surface area (Å²) in [5.74, 6) is -0.358. The average molecular weight is 310 g/mol. The van der Waals surface area contributed by atoms with Crippen LogP contribution in [0.5, 0.6) is 0 Å². The molecule has 0 atom stereocenters. The van der Waals surface area contributed by atoms with Crippen LogP contribution in [0.2, 0.25) is 0 Å². The minimum atomic E-state index is -0.390. The first kappa shape index (κ1) is 14.8. The first-order valence-electron chi connectivity index (χ1n) is 7.07. The Kier molecular flexibility index (Phi) is 4.05. The maximum Gasteiger partial charge on any atom is 0.323 e. The predicted octanol–water partition coefficient (Wildman–Crippen LogP) is 4.17. The van der Waals surface area contributed by atoms with Crippen molar-refractivity contribution in [3.05, 3.63) is 66.1 Å². The lowest BCUT2D eigenvalue weighted by molar-refractivity contribution is 0.262. The zero-order valence-corrected chi connectivity index (χ0v) is 12.4. The Labute approximate surface area is 132 Å². The van der Waals surface area contributed by atoms with E-state index in [1.165, 1.54) is 12.1 Å². The summed E-state index contributed by atoms with van der Waals surface area (Å²) in [6.07, 6.45) is 0. The average Bonchev–Trinajstić information content (AvgIpc) is 2.89. The monoisotopic (exact) mass is 310 g/mol. The van der Waals surface area contributed by atoms with Gasteiger partial charge < -0.3 is 10.6 Å². The van der Waals surface area contributed by atoms with E-state index in [0.717, 1.165) is 0 Å². The maximum atomic E-state index is 13.4. The Morgan fingerprint density at radius 3 is 2.61 bits per heavy atom. The third kappa shape index (κ3) is 3.37. The number of halogens is 1. The molecule has 116 valence electrons. The van der Waals surface area contributed by atoms with Crippen LogP contribution in [0.4, 0.5) is 20.6 Å². The molecule has 0 spiro atoms. The zero-order chi connectivity index (χ0) is 16.2. The predicted molar refractivity (Wildman–Crippen MR) is 87.8 cm³/mol. The van der Waals surface area contributed by atoms with Crippen molar-refractivity contribution >= 4 is 17.4 Å². The quantitative estimate of drug-likeness (QED) is 0.679. The van der Waals surface area contributed by atoms with Gasteiger partial charge in [-0.25, -0.2) is 9.18 Å². The molecule has 1 aromatic heterocycles. The maximum absolute atomic E-state index is 13.4. The molecule has 0 aliphatic carbocycles. The number of hydrogen-bond donors (Lipinski definition) is 3. The van der Waals surface area contributed by atoms with Gasteiger partial charge in [-0.3, -0.25) is 5.10 Å². The fourth-order valence-corrected chi connectivity index (χ4v) is 2.22. The number of hydrogen-bond acceptors (Lipinski definition) is 2. The van der Waals surface area contributed by atoms with Crippen molar-refractivity contribution in [2.24, 2.45) is 0 Å². The van der Waals surface area contributed by atoms with E-state index in [1.807, 2.05) is 18.2 Å². The molecule has 0 radical (unpaired) electrons. The number of anilines is 2. The third-order valence-electron chi connectivity index (χ3n) is 3.32. The Morgan fingerprint density at radius 1 is 1.09 bits per heavy atom. The van der Waals surface area contributed by atoms with Gasteiger partial charge in [-0.05, 0) is 31.2 Å². The summed E-state index contributed by atoms with van der Waals surface area (Å²) >= 11 is 0. The molecule has 0 fully saturated rings. The second kappa shape index (κ2) is 6.31. The number of para-hydroxylation sites is 1. The molecule has 1 heterocycles. The number of carbonyl (C=O) groups is 1. The van der Waals surface area contributed by atoms with E-state index in [4.69, 9.17) is 0 Å². The summed E-state index contributed by atoms with van der Waals surface area (Å²) in [7, 11) is 0. The third-order valence-corrected chi connectivity index (χ3v) is 3.32. The number of carbonyl (C=O) groups excluding carboxylic acids is 1. The molecule has 23 heavy (non-hydrogen) atoms. The van der Waals surface area contributed by atoms with Gasteiger partial charge in [0.15, 0.2) is 0 Å². The zero-order valence-electron chi connectivity index (χ0n) is 12.4. The Balaban J connectivity index is 1.83. The summed E-state index contributed by atoms with van der Waals surface area (Å²) in [6, 6.07) is 14.8. The minimum absolute atomic E-state index is 0.358. The number of aromatic amines is 1. The van der Waals surface area contributed by atoms with Gasteiger partial charge in [-0.2, -0.15) is 5.10 Å². The molecular weight excluding hydrogens is 295 g/mol. The highest BCUT2D eigenvalue weighted by atomic mass is 19.1. The summed E-state index contributed by atoms with van der Waals surface area (Å²) in [5, 5.41) is 12.5. The van der Waals surface area contributed by atoms with Crippen molar-refractivity contribution in [3.8, 4) is 11.3 Å². The number of H-pyrrole nitrogens is 1. The van der Waals surface area contributed by atoms with Crippen molar-refractivity contribution in [2.75, 3.05) is 10.6 Å². The van der Waals surface area contributed by atoms with Crippen LogP contribution in [-0.4, -0.2) is 16.2 Å². The molecular formula is C17H15FN4O. The van der Waals surface area contributed by atoms with Crippen LogP contribution < -0.4 is 10.6 Å². The van der Waals surface area contributed by atoms with Gasteiger partial charge in [-0.1, -0.05) is 30.3 Å². The number of nitrogens with zero attached hydrogens (tertiary/aromatic N) is 1. The van der Waals surface area contributed by atoms with Crippen molar-refractivity contribution in [1.82, 2.24) is 10.2 Å². The van der Waals surface area contributed by atoms with Gasteiger partial charge in [-0.15, -0.1) is 0 Å². The number of aryl methyl sites for hydroxylation is 1. The fraction of sp³-hybridized carbons (Fsp3) is 0.0588. The van der Waals surface area contributed by atoms with Crippen LogP contribution in [-0.2, 0) is 0 Å². The van der Waals surface area contributed by atoms with Crippen LogP contribution in [0.15, 0.2) is 54.6 Å². The second-order valence-electron chi connectivity index (χ2n) is 5.03. The van der Waals surface area contributed by atoms with Gasteiger partial charge in [0.25, 0.3) is 0 Å².